The normalized spacial score (nSPS) is 15.2. The lowest BCUT2D eigenvalue weighted by molar-refractivity contribution is -0.153. The fraction of sp³-hybridized carbons (Fsp3) is 0.300. The summed E-state index contributed by atoms with van der Waals surface area (Å²) in [5, 5.41) is 27.1. The van der Waals surface area contributed by atoms with E-state index < -0.39 is 28.0 Å². The number of benzene rings is 1. The zero-order chi connectivity index (χ0) is 13.2. The predicted octanol–water partition coefficient (Wildman–Crippen LogP) is -0.431. The third-order valence-corrected chi connectivity index (χ3v) is 3.33. The van der Waals surface area contributed by atoms with E-state index in [2.05, 4.69) is 0 Å². The quantitative estimate of drug-likeness (QED) is 0.677. The smallest absolute Gasteiger partial charge is 0.335 e. The summed E-state index contributed by atoms with van der Waals surface area (Å²) in [5.41, 5.74) is 0.132. The fourth-order valence-electron chi connectivity index (χ4n) is 1.23. The summed E-state index contributed by atoms with van der Waals surface area (Å²) in [6.07, 6.45) is -2.51. The number of sulfone groups is 1. The van der Waals surface area contributed by atoms with Crippen molar-refractivity contribution in [1.82, 2.24) is 0 Å². The van der Waals surface area contributed by atoms with Crippen molar-refractivity contribution in [3.63, 3.8) is 0 Å². The summed E-state index contributed by atoms with van der Waals surface area (Å²) in [4.78, 5) is 10.5. The molecule has 0 saturated carbocycles. The highest BCUT2D eigenvalue weighted by Crippen LogP contribution is 2.19. The Morgan fingerprint density at radius 2 is 1.65 bits per heavy atom. The average Bonchev–Trinajstić information content (AvgIpc) is 2.26. The lowest BCUT2D eigenvalue weighted by Gasteiger charge is -2.14. The van der Waals surface area contributed by atoms with Crippen molar-refractivity contribution in [2.45, 2.75) is 17.1 Å². The van der Waals surface area contributed by atoms with Crippen LogP contribution in [-0.4, -0.2) is 42.1 Å². The Morgan fingerprint density at radius 3 is 2.00 bits per heavy atom. The first-order chi connectivity index (χ1) is 7.73. The van der Waals surface area contributed by atoms with Gasteiger partial charge in [-0.2, -0.15) is 0 Å². The van der Waals surface area contributed by atoms with Gasteiger partial charge in [-0.15, -0.1) is 0 Å². The second-order valence-corrected chi connectivity index (χ2v) is 5.58. The molecule has 2 unspecified atom stereocenters. The minimum atomic E-state index is -3.34. The lowest BCUT2D eigenvalue weighted by atomic mass is 10.0. The summed E-state index contributed by atoms with van der Waals surface area (Å²) in [6, 6.07) is 4.99. The molecule has 1 aromatic rings. The maximum absolute atomic E-state index is 11.2. The van der Waals surface area contributed by atoms with E-state index in [-0.39, 0.29) is 10.5 Å². The number of hydrogen-bond donors (Lipinski definition) is 3. The van der Waals surface area contributed by atoms with Crippen LogP contribution in [0.4, 0.5) is 0 Å². The van der Waals surface area contributed by atoms with Crippen LogP contribution < -0.4 is 0 Å². The SMILES string of the molecule is CS(=O)(=O)c1ccc(C(O)C(O)C(=O)O)cc1. The average molecular weight is 260 g/mol. The van der Waals surface area contributed by atoms with Crippen LogP contribution in [0.3, 0.4) is 0 Å². The fourth-order valence-corrected chi connectivity index (χ4v) is 1.86. The number of aliphatic hydroxyl groups is 2. The number of hydrogen-bond acceptors (Lipinski definition) is 5. The van der Waals surface area contributed by atoms with Gasteiger partial charge < -0.3 is 15.3 Å². The van der Waals surface area contributed by atoms with E-state index in [0.717, 1.165) is 6.26 Å². The minimum Gasteiger partial charge on any atom is -0.479 e. The first kappa shape index (κ1) is 13.6. The van der Waals surface area contributed by atoms with Crippen LogP contribution in [0.1, 0.15) is 11.7 Å². The molecule has 7 heteroatoms. The maximum Gasteiger partial charge on any atom is 0.335 e. The Hall–Kier alpha value is -1.44. The van der Waals surface area contributed by atoms with Gasteiger partial charge in [-0.1, -0.05) is 12.1 Å². The van der Waals surface area contributed by atoms with E-state index in [1.165, 1.54) is 24.3 Å². The standard InChI is InChI=1S/C10H12O6S/c1-17(15,16)7-4-2-6(3-5-7)8(11)9(12)10(13)14/h2-5,8-9,11-12H,1H3,(H,13,14). The van der Waals surface area contributed by atoms with Gasteiger partial charge in [0.25, 0.3) is 0 Å². The van der Waals surface area contributed by atoms with Crippen LogP contribution in [0, 0.1) is 0 Å². The van der Waals surface area contributed by atoms with Gasteiger partial charge in [-0.05, 0) is 17.7 Å². The first-order valence-corrected chi connectivity index (χ1v) is 6.51. The molecule has 0 aromatic heterocycles. The number of aliphatic carboxylic acids is 1. The number of carbonyl (C=O) groups is 1. The zero-order valence-electron chi connectivity index (χ0n) is 8.94. The van der Waals surface area contributed by atoms with E-state index in [4.69, 9.17) is 10.2 Å². The monoisotopic (exact) mass is 260 g/mol. The van der Waals surface area contributed by atoms with Gasteiger partial charge in [-0.3, -0.25) is 0 Å². The Labute approximate surface area is 98.1 Å². The Balaban J connectivity index is 2.99. The predicted molar refractivity (Wildman–Crippen MR) is 58.2 cm³/mol. The molecule has 3 N–H and O–H groups in total. The molecule has 0 bridgehead atoms. The van der Waals surface area contributed by atoms with Crippen molar-refractivity contribution < 1.29 is 28.5 Å². The molecule has 0 aliphatic rings. The zero-order valence-corrected chi connectivity index (χ0v) is 9.76. The highest BCUT2D eigenvalue weighted by Gasteiger charge is 2.25. The van der Waals surface area contributed by atoms with Gasteiger partial charge in [0.1, 0.15) is 6.10 Å². The van der Waals surface area contributed by atoms with E-state index in [1.54, 1.807) is 0 Å². The molecule has 0 saturated heterocycles. The van der Waals surface area contributed by atoms with Gasteiger partial charge in [0.2, 0.25) is 0 Å². The minimum absolute atomic E-state index is 0.0539. The topological polar surface area (TPSA) is 112 Å². The molecule has 0 fully saturated rings. The molecular weight excluding hydrogens is 248 g/mol. The summed E-state index contributed by atoms with van der Waals surface area (Å²) in [5.74, 6) is -1.55. The first-order valence-electron chi connectivity index (χ1n) is 4.62. The molecule has 1 aromatic carbocycles. The lowest BCUT2D eigenvalue weighted by Crippen LogP contribution is -2.27. The van der Waals surface area contributed by atoms with Crippen LogP contribution in [0.25, 0.3) is 0 Å². The number of aliphatic hydroxyl groups excluding tert-OH is 2. The largest absolute Gasteiger partial charge is 0.479 e. The van der Waals surface area contributed by atoms with Crippen LogP contribution in [0.2, 0.25) is 0 Å². The van der Waals surface area contributed by atoms with E-state index >= 15 is 0 Å². The van der Waals surface area contributed by atoms with Gasteiger partial charge in [0, 0.05) is 6.26 Å². The van der Waals surface area contributed by atoms with E-state index in [9.17, 15) is 18.3 Å². The van der Waals surface area contributed by atoms with Gasteiger partial charge in [0.15, 0.2) is 15.9 Å². The molecule has 0 amide bonds. The number of rotatable bonds is 4. The van der Waals surface area contributed by atoms with Gasteiger partial charge >= 0.3 is 5.97 Å². The van der Waals surface area contributed by atoms with Crippen LogP contribution in [-0.2, 0) is 14.6 Å². The molecule has 2 atom stereocenters. The van der Waals surface area contributed by atoms with Crippen molar-refractivity contribution in [2.24, 2.45) is 0 Å². The number of carboxylic acids is 1. The van der Waals surface area contributed by atoms with E-state index in [0.29, 0.717) is 0 Å². The molecule has 94 valence electrons. The van der Waals surface area contributed by atoms with Crippen molar-refractivity contribution in [3.8, 4) is 0 Å². The molecule has 0 radical (unpaired) electrons. The summed E-state index contributed by atoms with van der Waals surface area (Å²) in [7, 11) is -3.34. The summed E-state index contributed by atoms with van der Waals surface area (Å²) in [6.45, 7) is 0. The van der Waals surface area contributed by atoms with Crippen LogP contribution >= 0.6 is 0 Å². The van der Waals surface area contributed by atoms with Gasteiger partial charge in [0.05, 0.1) is 4.90 Å². The third-order valence-electron chi connectivity index (χ3n) is 2.20. The van der Waals surface area contributed by atoms with Crippen LogP contribution in [0.15, 0.2) is 29.2 Å². The maximum atomic E-state index is 11.2. The third kappa shape index (κ3) is 3.26. The van der Waals surface area contributed by atoms with Crippen LogP contribution in [0.5, 0.6) is 0 Å². The Morgan fingerprint density at radius 1 is 1.18 bits per heavy atom. The molecule has 0 heterocycles. The molecule has 1 rings (SSSR count). The Bertz CT molecular complexity index is 504. The Kier molecular flexibility index (Phi) is 3.87. The number of carboxylic acid groups (broad SMARTS) is 1. The molecule has 17 heavy (non-hydrogen) atoms. The highest BCUT2D eigenvalue weighted by atomic mass is 32.2. The molecule has 0 aliphatic carbocycles. The second-order valence-electron chi connectivity index (χ2n) is 3.57. The van der Waals surface area contributed by atoms with Crippen molar-refractivity contribution in [1.29, 1.82) is 0 Å². The molecular formula is C10H12O6S. The van der Waals surface area contributed by atoms with Crippen molar-refractivity contribution in [3.05, 3.63) is 29.8 Å². The molecule has 0 spiro atoms. The summed E-state index contributed by atoms with van der Waals surface area (Å²) < 4.78 is 22.3. The molecule has 0 aliphatic heterocycles. The van der Waals surface area contributed by atoms with Gasteiger partial charge in [-0.25, -0.2) is 13.2 Å². The van der Waals surface area contributed by atoms with Crippen molar-refractivity contribution >= 4 is 15.8 Å². The molecule has 6 nitrogen and oxygen atoms in total. The highest BCUT2D eigenvalue weighted by molar-refractivity contribution is 7.90. The summed E-state index contributed by atoms with van der Waals surface area (Å²) >= 11 is 0. The second kappa shape index (κ2) is 4.82. The van der Waals surface area contributed by atoms with Crippen molar-refractivity contribution in [2.75, 3.05) is 6.26 Å². The van der Waals surface area contributed by atoms with E-state index in [1.807, 2.05) is 0 Å².